The first kappa shape index (κ1) is 34.1. The molecule has 1 rings (SSSR count). The number of amides is 2. The van der Waals surface area contributed by atoms with E-state index in [4.69, 9.17) is 4.74 Å². The minimum atomic E-state index is -0.648. The van der Waals surface area contributed by atoms with Gasteiger partial charge in [-0.25, -0.2) is 14.8 Å². The van der Waals surface area contributed by atoms with Crippen molar-refractivity contribution in [1.82, 2.24) is 20.9 Å². The quantitative estimate of drug-likeness (QED) is 0.162. The van der Waals surface area contributed by atoms with Crippen molar-refractivity contribution in [3.8, 4) is 0 Å². The van der Waals surface area contributed by atoms with E-state index in [2.05, 4.69) is 99.7 Å². The molecule has 2 amide bonds. The van der Waals surface area contributed by atoms with Crippen LogP contribution in [-0.4, -0.2) is 62.2 Å². The van der Waals surface area contributed by atoms with Crippen LogP contribution in [0.25, 0.3) is 0 Å². The van der Waals surface area contributed by atoms with Crippen LogP contribution in [0.1, 0.15) is 65.2 Å². The first-order chi connectivity index (χ1) is 19.4. The molecule has 1 atom stereocenters. The number of guanidine groups is 2. The molecule has 0 aromatic carbocycles. The predicted molar refractivity (Wildman–Crippen MR) is 166 cm³/mol. The molecule has 0 aromatic heterocycles. The predicted octanol–water partition coefficient (Wildman–Crippen LogP) is 5.53. The molecule has 9 nitrogen and oxygen atoms in total. The molecule has 0 saturated heterocycles. The van der Waals surface area contributed by atoms with Crippen molar-refractivity contribution in [2.45, 2.75) is 71.4 Å². The number of carbonyl (C=O) groups excluding carboxylic acids is 2. The third-order valence-electron chi connectivity index (χ3n) is 5.29. The molecule has 1 aliphatic rings. The summed E-state index contributed by atoms with van der Waals surface area (Å²) < 4.78 is 5.10. The standard InChI is InChI=1S/C31H48N6O3/c1-5-6-7-8-9-10-11-12-13-14-15-16-17-18-19-20-21-22-23-24-28(38)32-25-26-40-31(39)36-29-33-27(2)34-30(35-29)37(3)4/h6-7,9-10,12-13,15-16,18-19,21-22,27H,5,8,11,14,17,20,23-26H2,1-4H3,(H,32,38)(H2,33,34,35,36,39)/b7-6-,10-9-,13-12-,16-15-,19-18-,22-21-. The second-order valence-electron chi connectivity index (χ2n) is 9.15. The van der Waals surface area contributed by atoms with Crippen molar-refractivity contribution in [1.29, 1.82) is 0 Å². The maximum atomic E-state index is 12.0. The summed E-state index contributed by atoms with van der Waals surface area (Å²) in [6, 6.07) is 0. The van der Waals surface area contributed by atoms with E-state index in [1.165, 1.54) is 0 Å². The Morgan fingerprint density at radius 3 is 1.90 bits per heavy atom. The van der Waals surface area contributed by atoms with Crippen molar-refractivity contribution in [3.63, 3.8) is 0 Å². The Balaban J connectivity index is 2.02. The van der Waals surface area contributed by atoms with Gasteiger partial charge >= 0.3 is 6.09 Å². The summed E-state index contributed by atoms with van der Waals surface area (Å²) in [5.41, 5.74) is 0. The van der Waals surface area contributed by atoms with Crippen molar-refractivity contribution < 1.29 is 14.3 Å². The van der Waals surface area contributed by atoms with Gasteiger partial charge in [0.2, 0.25) is 17.8 Å². The molecule has 0 bridgehead atoms. The lowest BCUT2D eigenvalue weighted by atomic mass is 10.2. The molecule has 1 heterocycles. The minimum absolute atomic E-state index is 0.0644. The number of nitrogens with one attached hydrogen (secondary N) is 3. The molecule has 40 heavy (non-hydrogen) atoms. The molecule has 0 spiro atoms. The summed E-state index contributed by atoms with van der Waals surface area (Å²) in [7, 11) is 3.68. The highest BCUT2D eigenvalue weighted by atomic mass is 16.5. The van der Waals surface area contributed by atoms with E-state index in [0.29, 0.717) is 18.8 Å². The van der Waals surface area contributed by atoms with Gasteiger partial charge < -0.3 is 15.0 Å². The van der Waals surface area contributed by atoms with Crippen LogP contribution in [0.5, 0.6) is 0 Å². The Morgan fingerprint density at radius 2 is 1.38 bits per heavy atom. The van der Waals surface area contributed by atoms with E-state index in [1.807, 2.05) is 27.1 Å². The van der Waals surface area contributed by atoms with E-state index >= 15 is 0 Å². The van der Waals surface area contributed by atoms with Gasteiger partial charge in [0, 0.05) is 20.5 Å². The summed E-state index contributed by atoms with van der Waals surface area (Å²) in [4.78, 5) is 34.2. The molecule has 0 radical (unpaired) electrons. The lowest BCUT2D eigenvalue weighted by molar-refractivity contribution is -0.121. The summed E-state index contributed by atoms with van der Waals surface area (Å²) in [6.45, 7) is 4.27. The average Bonchev–Trinajstić information content (AvgIpc) is 2.92. The normalized spacial score (nSPS) is 15.8. The number of nitrogens with zero attached hydrogens (tertiary/aromatic N) is 3. The fourth-order valence-electron chi connectivity index (χ4n) is 3.26. The van der Waals surface area contributed by atoms with Crippen LogP contribution in [0.2, 0.25) is 0 Å². The average molecular weight is 553 g/mol. The SMILES string of the molecule is CC/C=C\C/C=C\C/C=C\C/C=C\C/C=C\C/C=C\CCC(=O)NCCOC(=O)NC1=NC(C)N=C(N(C)C)N1. The van der Waals surface area contributed by atoms with E-state index in [9.17, 15) is 9.59 Å². The maximum Gasteiger partial charge on any atom is 0.414 e. The van der Waals surface area contributed by atoms with Gasteiger partial charge in [0.15, 0.2) is 0 Å². The van der Waals surface area contributed by atoms with E-state index in [-0.39, 0.29) is 31.2 Å². The molecular formula is C31H48N6O3. The van der Waals surface area contributed by atoms with Gasteiger partial charge in [-0.1, -0.05) is 79.8 Å². The first-order valence-corrected chi connectivity index (χ1v) is 14.1. The molecule has 220 valence electrons. The largest absolute Gasteiger partial charge is 0.447 e. The molecule has 1 unspecified atom stereocenters. The van der Waals surface area contributed by atoms with Crippen molar-refractivity contribution >= 4 is 23.9 Å². The number of carbonyl (C=O) groups is 2. The lowest BCUT2D eigenvalue weighted by Crippen LogP contribution is -2.51. The van der Waals surface area contributed by atoms with Crippen LogP contribution in [0.15, 0.2) is 82.9 Å². The Labute approximate surface area is 240 Å². The summed E-state index contributed by atoms with van der Waals surface area (Å²) in [5, 5.41) is 8.21. The van der Waals surface area contributed by atoms with Crippen LogP contribution in [-0.2, 0) is 9.53 Å². The first-order valence-electron chi connectivity index (χ1n) is 14.1. The molecule has 9 heteroatoms. The van der Waals surface area contributed by atoms with Crippen molar-refractivity contribution in [2.75, 3.05) is 27.2 Å². The van der Waals surface area contributed by atoms with Crippen LogP contribution in [0.4, 0.5) is 4.79 Å². The number of alkyl carbamates (subject to hydrolysis) is 1. The third-order valence-corrected chi connectivity index (χ3v) is 5.29. The van der Waals surface area contributed by atoms with Crippen LogP contribution >= 0.6 is 0 Å². The number of rotatable bonds is 17. The summed E-state index contributed by atoms with van der Waals surface area (Å²) in [5.74, 6) is 0.788. The fraction of sp³-hybridized carbons (Fsp3) is 0.484. The Hall–Kier alpha value is -3.88. The van der Waals surface area contributed by atoms with Gasteiger partial charge in [-0.15, -0.1) is 0 Å². The van der Waals surface area contributed by atoms with Crippen molar-refractivity contribution in [3.05, 3.63) is 72.9 Å². The van der Waals surface area contributed by atoms with Crippen LogP contribution < -0.4 is 16.0 Å². The van der Waals surface area contributed by atoms with Gasteiger partial charge in [0.1, 0.15) is 12.8 Å². The third kappa shape index (κ3) is 19.2. The molecule has 0 saturated carbocycles. The Kier molecular flexibility index (Phi) is 19.7. The zero-order valence-corrected chi connectivity index (χ0v) is 24.6. The van der Waals surface area contributed by atoms with Crippen molar-refractivity contribution in [2.24, 2.45) is 9.98 Å². The summed E-state index contributed by atoms with van der Waals surface area (Å²) in [6.07, 6.45) is 31.8. The Morgan fingerprint density at radius 1 is 0.850 bits per heavy atom. The Bertz CT molecular complexity index is 974. The minimum Gasteiger partial charge on any atom is -0.447 e. The number of allylic oxidation sites excluding steroid dienone is 12. The number of aliphatic imine (C=N–C) groups is 2. The van der Waals surface area contributed by atoms with E-state index in [1.54, 1.807) is 4.90 Å². The van der Waals surface area contributed by atoms with Crippen LogP contribution in [0, 0.1) is 0 Å². The number of ether oxygens (including phenoxy) is 1. The summed E-state index contributed by atoms with van der Waals surface area (Å²) >= 11 is 0. The van der Waals surface area contributed by atoms with Gasteiger partial charge in [-0.3, -0.25) is 15.4 Å². The van der Waals surface area contributed by atoms with Gasteiger partial charge in [-0.05, 0) is 51.9 Å². The van der Waals surface area contributed by atoms with E-state index in [0.717, 1.165) is 38.5 Å². The highest BCUT2D eigenvalue weighted by Gasteiger charge is 2.17. The van der Waals surface area contributed by atoms with E-state index < -0.39 is 6.09 Å². The van der Waals surface area contributed by atoms with Crippen LogP contribution in [0.3, 0.4) is 0 Å². The molecule has 0 aliphatic carbocycles. The zero-order chi connectivity index (χ0) is 29.3. The van der Waals surface area contributed by atoms with Gasteiger partial charge in [-0.2, -0.15) is 0 Å². The monoisotopic (exact) mass is 552 g/mol. The molecule has 0 aromatic rings. The molecule has 1 aliphatic heterocycles. The molecular weight excluding hydrogens is 504 g/mol. The smallest absolute Gasteiger partial charge is 0.414 e. The molecule has 0 fully saturated rings. The lowest BCUT2D eigenvalue weighted by Gasteiger charge is -2.23. The second kappa shape index (κ2) is 23.0. The molecule has 3 N–H and O–H groups in total. The number of hydrogen-bond acceptors (Lipinski definition) is 7. The number of hydrogen-bond donors (Lipinski definition) is 3. The fourth-order valence-corrected chi connectivity index (χ4v) is 3.26. The van der Waals surface area contributed by atoms with Gasteiger partial charge in [0.25, 0.3) is 0 Å². The highest BCUT2D eigenvalue weighted by Crippen LogP contribution is 2.00. The van der Waals surface area contributed by atoms with Gasteiger partial charge in [0.05, 0.1) is 6.54 Å². The zero-order valence-electron chi connectivity index (χ0n) is 24.6. The highest BCUT2D eigenvalue weighted by molar-refractivity contribution is 6.05. The topological polar surface area (TPSA) is 107 Å². The second-order valence-corrected chi connectivity index (χ2v) is 9.15. The maximum absolute atomic E-state index is 12.0.